The van der Waals surface area contributed by atoms with Crippen molar-refractivity contribution in [1.29, 1.82) is 0 Å². The monoisotopic (exact) mass is 330 g/mol. The van der Waals surface area contributed by atoms with Gasteiger partial charge in [0.15, 0.2) is 0 Å². The van der Waals surface area contributed by atoms with Gasteiger partial charge in [0.25, 0.3) is 0 Å². The van der Waals surface area contributed by atoms with E-state index in [0.717, 1.165) is 24.1 Å². The van der Waals surface area contributed by atoms with Crippen molar-refractivity contribution in [2.45, 2.75) is 26.3 Å². The van der Waals surface area contributed by atoms with Crippen molar-refractivity contribution in [3.05, 3.63) is 77.0 Å². The van der Waals surface area contributed by atoms with Crippen molar-refractivity contribution in [2.75, 3.05) is 0 Å². The first-order valence-electron chi connectivity index (χ1n) is 8.46. The van der Waals surface area contributed by atoms with E-state index in [0.29, 0.717) is 23.4 Å². The molecule has 4 heteroatoms. The van der Waals surface area contributed by atoms with Gasteiger partial charge < -0.3 is 0 Å². The average Bonchev–Trinajstić information content (AvgIpc) is 2.97. The zero-order chi connectivity index (χ0) is 17.4. The molecule has 0 saturated carbocycles. The quantitative estimate of drug-likeness (QED) is 0.682. The Bertz CT molecular complexity index is 971. The number of hydrogen-bond donors (Lipinski definition) is 0. The number of rotatable bonds is 4. The first kappa shape index (κ1) is 15.5. The Morgan fingerprint density at radius 1 is 0.880 bits per heavy atom. The lowest BCUT2D eigenvalue weighted by Gasteiger charge is -2.16. The molecule has 0 amide bonds. The van der Waals surface area contributed by atoms with Crippen LogP contribution < -0.4 is 0 Å². The second-order valence-corrected chi connectivity index (χ2v) is 6.33. The molecule has 0 saturated heterocycles. The molecule has 1 aromatic heterocycles. The molecule has 0 aliphatic heterocycles. The zero-order valence-electron chi connectivity index (χ0n) is 14.0. The van der Waals surface area contributed by atoms with E-state index in [1.807, 2.05) is 35.0 Å². The van der Waals surface area contributed by atoms with E-state index in [-0.39, 0.29) is 0 Å². The van der Waals surface area contributed by atoms with E-state index in [1.165, 1.54) is 5.56 Å². The fourth-order valence-corrected chi connectivity index (χ4v) is 3.49. The van der Waals surface area contributed by atoms with E-state index in [1.54, 1.807) is 19.1 Å². The van der Waals surface area contributed by atoms with Crippen molar-refractivity contribution in [1.82, 2.24) is 9.78 Å². The number of nitrogens with zero attached hydrogens (tertiary/aromatic N) is 2. The van der Waals surface area contributed by atoms with Crippen molar-refractivity contribution >= 4 is 11.6 Å². The first-order chi connectivity index (χ1) is 12.2. The minimum atomic E-state index is -0.444. The highest BCUT2D eigenvalue weighted by Crippen LogP contribution is 2.35. The Balaban J connectivity index is 1.68. The third-order valence-electron chi connectivity index (χ3n) is 4.67. The van der Waals surface area contributed by atoms with Crippen LogP contribution in [0.25, 0.3) is 11.3 Å². The minimum Gasteiger partial charge on any atom is -0.285 e. The maximum Gasteiger partial charge on any atom is 0.237 e. The fraction of sp³-hybridized carbons (Fsp3) is 0.190. The van der Waals surface area contributed by atoms with Gasteiger partial charge >= 0.3 is 0 Å². The molecule has 124 valence electrons. The largest absolute Gasteiger partial charge is 0.285 e. The summed E-state index contributed by atoms with van der Waals surface area (Å²) < 4.78 is 1.89. The molecule has 0 N–H and O–H groups in total. The van der Waals surface area contributed by atoms with Gasteiger partial charge in [-0.2, -0.15) is 5.10 Å². The lowest BCUT2D eigenvalue weighted by atomic mass is 9.87. The molecule has 1 heterocycles. The van der Waals surface area contributed by atoms with Gasteiger partial charge in [0.1, 0.15) is 0 Å². The summed E-state index contributed by atoms with van der Waals surface area (Å²) in [7, 11) is 0. The molecule has 3 aromatic rings. The molecule has 0 atom stereocenters. The van der Waals surface area contributed by atoms with Crippen molar-refractivity contribution in [3.63, 3.8) is 0 Å². The minimum absolute atomic E-state index is 0.435. The summed E-state index contributed by atoms with van der Waals surface area (Å²) in [5, 5.41) is 4.55. The standard InChI is InChI=1S/C21H18N2O2/c1-14-18-19(16-11-5-6-12-17(16)20(24)21(18)25)23(22-14)13-7-10-15-8-3-2-4-9-15/h2-6,8-9,11-12H,7,10,13H2,1H3. The van der Waals surface area contributed by atoms with E-state index in [4.69, 9.17) is 0 Å². The zero-order valence-corrected chi connectivity index (χ0v) is 14.0. The molecule has 4 rings (SSSR count). The van der Waals surface area contributed by atoms with Gasteiger partial charge in [-0.1, -0.05) is 54.6 Å². The summed E-state index contributed by atoms with van der Waals surface area (Å²) >= 11 is 0. The summed E-state index contributed by atoms with van der Waals surface area (Å²) in [6, 6.07) is 17.6. The summed E-state index contributed by atoms with van der Waals surface area (Å²) in [5.74, 6) is -0.879. The second-order valence-electron chi connectivity index (χ2n) is 6.33. The highest BCUT2D eigenvalue weighted by Gasteiger charge is 2.35. The first-order valence-corrected chi connectivity index (χ1v) is 8.46. The molecule has 0 bridgehead atoms. The van der Waals surface area contributed by atoms with Gasteiger partial charge in [-0.3, -0.25) is 14.3 Å². The van der Waals surface area contributed by atoms with E-state index in [9.17, 15) is 9.59 Å². The fourth-order valence-electron chi connectivity index (χ4n) is 3.49. The van der Waals surface area contributed by atoms with Gasteiger partial charge in [0.05, 0.1) is 17.0 Å². The predicted molar refractivity (Wildman–Crippen MR) is 95.8 cm³/mol. The maximum absolute atomic E-state index is 12.5. The van der Waals surface area contributed by atoms with Gasteiger partial charge in [0.2, 0.25) is 11.6 Å². The van der Waals surface area contributed by atoms with Gasteiger partial charge in [-0.15, -0.1) is 0 Å². The molecular formula is C21H18N2O2. The highest BCUT2D eigenvalue weighted by molar-refractivity contribution is 6.53. The molecule has 0 unspecified atom stereocenters. The van der Waals surface area contributed by atoms with Crippen LogP contribution in [0.1, 0.15) is 38.4 Å². The number of Topliss-reactive ketones (excluding diaryl/α,β-unsaturated/α-hetero) is 2. The number of carbonyl (C=O) groups is 2. The molecule has 2 aromatic carbocycles. The van der Waals surface area contributed by atoms with Crippen LogP contribution >= 0.6 is 0 Å². The molecule has 1 aliphatic carbocycles. The van der Waals surface area contributed by atoms with Gasteiger partial charge in [-0.05, 0) is 25.3 Å². The molecule has 0 radical (unpaired) electrons. The van der Waals surface area contributed by atoms with Crippen LogP contribution in [0.5, 0.6) is 0 Å². The van der Waals surface area contributed by atoms with Crippen LogP contribution in [0.3, 0.4) is 0 Å². The summed E-state index contributed by atoms with van der Waals surface area (Å²) in [5.41, 5.74) is 4.44. The Hall–Kier alpha value is -3.01. The highest BCUT2D eigenvalue weighted by atomic mass is 16.2. The molecule has 0 spiro atoms. The summed E-state index contributed by atoms with van der Waals surface area (Å²) in [6.07, 6.45) is 1.87. The van der Waals surface area contributed by atoms with Crippen LogP contribution in [-0.4, -0.2) is 21.3 Å². The van der Waals surface area contributed by atoms with E-state index in [2.05, 4.69) is 17.2 Å². The van der Waals surface area contributed by atoms with E-state index >= 15 is 0 Å². The number of carbonyl (C=O) groups excluding carboxylic acids is 2. The lowest BCUT2D eigenvalue weighted by molar-refractivity contribution is 0.0815. The molecular weight excluding hydrogens is 312 g/mol. The second kappa shape index (κ2) is 6.13. The third kappa shape index (κ3) is 2.60. The topological polar surface area (TPSA) is 52.0 Å². The van der Waals surface area contributed by atoms with Gasteiger partial charge in [0, 0.05) is 17.7 Å². The van der Waals surface area contributed by atoms with Crippen molar-refractivity contribution in [2.24, 2.45) is 0 Å². The molecule has 4 nitrogen and oxygen atoms in total. The summed E-state index contributed by atoms with van der Waals surface area (Å²) in [6.45, 7) is 2.51. The maximum atomic E-state index is 12.5. The summed E-state index contributed by atoms with van der Waals surface area (Å²) in [4.78, 5) is 24.9. The Labute approximate surface area is 146 Å². The van der Waals surface area contributed by atoms with Crippen LogP contribution in [0.2, 0.25) is 0 Å². The SMILES string of the molecule is Cc1nn(CCCc2ccccc2)c2c1C(=O)C(=O)c1ccccc1-2. The number of benzene rings is 2. The average molecular weight is 330 g/mol. The van der Waals surface area contributed by atoms with Crippen LogP contribution in [0.15, 0.2) is 54.6 Å². The molecule has 0 fully saturated rings. The third-order valence-corrected chi connectivity index (χ3v) is 4.67. The van der Waals surface area contributed by atoms with Crippen LogP contribution in [0, 0.1) is 6.92 Å². The Kier molecular flexibility index (Phi) is 3.80. The number of aromatic nitrogens is 2. The van der Waals surface area contributed by atoms with Crippen LogP contribution in [0.4, 0.5) is 0 Å². The van der Waals surface area contributed by atoms with Crippen molar-refractivity contribution < 1.29 is 9.59 Å². The molecule has 25 heavy (non-hydrogen) atoms. The number of hydrogen-bond acceptors (Lipinski definition) is 3. The molecule has 1 aliphatic rings. The Morgan fingerprint density at radius 2 is 1.56 bits per heavy atom. The van der Waals surface area contributed by atoms with Gasteiger partial charge in [-0.25, -0.2) is 0 Å². The number of fused-ring (bicyclic) bond motifs is 3. The number of ketones is 2. The smallest absolute Gasteiger partial charge is 0.237 e. The van der Waals surface area contributed by atoms with Crippen LogP contribution in [-0.2, 0) is 13.0 Å². The normalized spacial score (nSPS) is 12.8. The lowest BCUT2D eigenvalue weighted by Crippen LogP contribution is -2.22. The van der Waals surface area contributed by atoms with E-state index < -0.39 is 11.6 Å². The Morgan fingerprint density at radius 3 is 2.32 bits per heavy atom. The predicted octanol–water partition coefficient (Wildman–Crippen LogP) is 3.87. The van der Waals surface area contributed by atoms with Crippen molar-refractivity contribution in [3.8, 4) is 11.3 Å². The number of aryl methyl sites for hydroxylation is 3.